The Morgan fingerprint density at radius 3 is 2.00 bits per heavy atom. The van der Waals surface area contributed by atoms with Crippen LogP contribution < -0.4 is 5.73 Å². The molecule has 4 bridgehead atoms. The molecule has 0 radical (unpaired) electrons. The van der Waals surface area contributed by atoms with E-state index < -0.39 is 0 Å². The van der Waals surface area contributed by atoms with Crippen molar-refractivity contribution in [2.45, 2.75) is 57.4 Å². The van der Waals surface area contributed by atoms with Gasteiger partial charge in [-0.2, -0.15) is 0 Å². The zero-order valence-corrected chi connectivity index (χ0v) is 11.1. The lowest BCUT2D eigenvalue weighted by atomic mass is 9.46. The molecule has 2 atom stereocenters. The van der Waals surface area contributed by atoms with E-state index in [-0.39, 0.29) is 30.4 Å². The Hall–Kier alpha value is 0.540. The number of nitrogens with two attached hydrogens (primary N) is 1. The van der Waals surface area contributed by atoms with Gasteiger partial charge in [0.15, 0.2) is 0 Å². The fourth-order valence-corrected chi connectivity index (χ4v) is 4.94. The van der Waals surface area contributed by atoms with Gasteiger partial charge in [-0.1, -0.05) is 13.3 Å². The molecule has 4 saturated carbocycles. The maximum Gasteiger partial charge on any atom is 0.0164 e. The van der Waals surface area contributed by atoms with Gasteiger partial charge in [0.25, 0.3) is 0 Å². The second kappa shape index (κ2) is 4.09. The van der Waals surface area contributed by atoms with Crippen LogP contribution in [0.5, 0.6) is 0 Å². The lowest BCUT2D eigenvalue weighted by Gasteiger charge is -2.61. The van der Waals surface area contributed by atoms with Gasteiger partial charge in [-0.25, -0.2) is 0 Å². The maximum atomic E-state index is 6.48. The van der Waals surface area contributed by atoms with Gasteiger partial charge in [0.1, 0.15) is 0 Å². The second-order valence-corrected chi connectivity index (χ2v) is 6.18. The highest BCUT2D eigenvalue weighted by molar-refractivity contribution is 5.85. The van der Waals surface area contributed by atoms with Gasteiger partial charge in [-0.3, -0.25) is 0 Å². The van der Waals surface area contributed by atoms with Crippen molar-refractivity contribution >= 4 is 24.8 Å². The highest BCUT2D eigenvalue weighted by Crippen LogP contribution is 2.61. The number of hydrogen-bond acceptors (Lipinski definition) is 1. The third kappa shape index (κ3) is 2.03. The minimum absolute atomic E-state index is 0. The summed E-state index contributed by atoms with van der Waals surface area (Å²) in [5.74, 6) is 1.98. The van der Waals surface area contributed by atoms with E-state index in [1.165, 1.54) is 44.9 Å². The molecule has 0 heterocycles. The average molecular weight is 252 g/mol. The maximum absolute atomic E-state index is 6.48. The molecular weight excluding hydrogens is 229 g/mol. The number of halogens is 2. The van der Waals surface area contributed by atoms with Gasteiger partial charge < -0.3 is 5.73 Å². The van der Waals surface area contributed by atoms with Gasteiger partial charge in [0, 0.05) is 5.54 Å². The summed E-state index contributed by atoms with van der Waals surface area (Å²) < 4.78 is 0. The largest absolute Gasteiger partial charge is 0.325 e. The van der Waals surface area contributed by atoms with E-state index in [0.717, 1.165) is 11.8 Å². The van der Waals surface area contributed by atoms with Crippen LogP contribution in [0.2, 0.25) is 0 Å². The predicted octanol–water partition coefficient (Wildman–Crippen LogP) is 3.54. The first-order valence-electron chi connectivity index (χ1n) is 5.92. The Bertz CT molecular complexity index is 228. The Balaban J connectivity index is 0.000000562. The van der Waals surface area contributed by atoms with E-state index in [9.17, 15) is 0 Å². The highest BCUT2D eigenvalue weighted by Gasteiger charge is 2.55. The molecule has 2 N–H and O–H groups in total. The molecule has 0 aromatic heterocycles. The summed E-state index contributed by atoms with van der Waals surface area (Å²) >= 11 is 0. The molecule has 4 aliphatic carbocycles. The van der Waals surface area contributed by atoms with Crippen LogP contribution in [-0.4, -0.2) is 5.54 Å². The van der Waals surface area contributed by atoms with Crippen LogP contribution in [0.15, 0.2) is 0 Å². The molecule has 3 heteroatoms. The Kier molecular flexibility index (Phi) is 3.71. The number of rotatable bonds is 1. The first-order valence-corrected chi connectivity index (χ1v) is 5.92. The van der Waals surface area contributed by atoms with Crippen LogP contribution in [-0.2, 0) is 0 Å². The zero-order valence-electron chi connectivity index (χ0n) is 9.50. The molecule has 0 spiro atoms. The van der Waals surface area contributed by atoms with Crippen LogP contribution in [0, 0.1) is 17.3 Å². The fourth-order valence-electron chi connectivity index (χ4n) is 4.94. The van der Waals surface area contributed by atoms with E-state index in [1.54, 1.807) is 0 Å². The lowest BCUT2D eigenvalue weighted by Crippen LogP contribution is -2.59. The van der Waals surface area contributed by atoms with Crippen molar-refractivity contribution in [1.82, 2.24) is 0 Å². The monoisotopic (exact) mass is 251 g/mol. The van der Waals surface area contributed by atoms with Crippen molar-refractivity contribution in [1.29, 1.82) is 0 Å². The summed E-state index contributed by atoms with van der Waals surface area (Å²) in [5, 5.41) is 0. The molecule has 0 aromatic rings. The van der Waals surface area contributed by atoms with E-state index in [1.807, 2.05) is 0 Å². The molecule has 0 aliphatic heterocycles. The SMILES string of the molecule is CCC12CC3CC(CC(N)(C3)C1)C2.Cl.Cl. The molecule has 0 saturated heterocycles. The minimum Gasteiger partial charge on any atom is -0.325 e. The van der Waals surface area contributed by atoms with Crippen molar-refractivity contribution in [3.05, 3.63) is 0 Å². The van der Waals surface area contributed by atoms with Gasteiger partial charge in [0.05, 0.1) is 0 Å². The zero-order chi connectivity index (χ0) is 9.10. The summed E-state index contributed by atoms with van der Waals surface area (Å²) in [7, 11) is 0. The van der Waals surface area contributed by atoms with Gasteiger partial charge in [-0.15, -0.1) is 24.8 Å². The predicted molar refractivity (Wildman–Crippen MR) is 68.8 cm³/mol. The minimum atomic E-state index is 0. The third-order valence-corrected chi connectivity index (χ3v) is 4.98. The highest BCUT2D eigenvalue weighted by atomic mass is 35.5. The average Bonchev–Trinajstić information content (AvgIpc) is 1.99. The molecule has 4 fully saturated rings. The Morgan fingerprint density at radius 2 is 1.60 bits per heavy atom. The number of hydrogen-bond donors (Lipinski definition) is 1. The third-order valence-electron chi connectivity index (χ3n) is 4.98. The van der Waals surface area contributed by atoms with Crippen molar-refractivity contribution in [2.75, 3.05) is 0 Å². The summed E-state index contributed by atoms with van der Waals surface area (Å²) in [6.07, 6.45) is 9.89. The summed E-state index contributed by atoms with van der Waals surface area (Å²) in [5.41, 5.74) is 7.42. The van der Waals surface area contributed by atoms with Crippen LogP contribution in [0.25, 0.3) is 0 Å². The van der Waals surface area contributed by atoms with E-state index >= 15 is 0 Å². The lowest BCUT2D eigenvalue weighted by molar-refractivity contribution is -0.0687. The molecule has 90 valence electrons. The molecular formula is C12H23Cl2N. The molecule has 0 amide bonds. The fraction of sp³-hybridized carbons (Fsp3) is 1.00. The summed E-state index contributed by atoms with van der Waals surface area (Å²) in [4.78, 5) is 0. The van der Waals surface area contributed by atoms with Crippen LogP contribution in [0.3, 0.4) is 0 Å². The van der Waals surface area contributed by atoms with Gasteiger partial charge in [-0.05, 0) is 55.8 Å². The molecule has 1 nitrogen and oxygen atoms in total. The topological polar surface area (TPSA) is 26.0 Å². The Labute approximate surface area is 105 Å². The summed E-state index contributed by atoms with van der Waals surface area (Å²) in [6.45, 7) is 2.37. The quantitative estimate of drug-likeness (QED) is 0.759. The summed E-state index contributed by atoms with van der Waals surface area (Å²) in [6, 6.07) is 0. The van der Waals surface area contributed by atoms with Crippen LogP contribution in [0.1, 0.15) is 51.9 Å². The van der Waals surface area contributed by atoms with Crippen LogP contribution >= 0.6 is 24.8 Å². The van der Waals surface area contributed by atoms with Crippen LogP contribution in [0.4, 0.5) is 0 Å². The normalized spacial score (nSPS) is 50.8. The van der Waals surface area contributed by atoms with Gasteiger partial charge in [0.2, 0.25) is 0 Å². The first-order chi connectivity index (χ1) is 6.13. The second-order valence-electron chi connectivity index (χ2n) is 6.18. The van der Waals surface area contributed by atoms with Crippen molar-refractivity contribution in [3.63, 3.8) is 0 Å². The van der Waals surface area contributed by atoms with E-state index in [0.29, 0.717) is 5.41 Å². The Morgan fingerprint density at radius 1 is 1.07 bits per heavy atom. The van der Waals surface area contributed by atoms with Crippen molar-refractivity contribution in [2.24, 2.45) is 23.0 Å². The molecule has 0 aromatic carbocycles. The van der Waals surface area contributed by atoms with Crippen molar-refractivity contribution < 1.29 is 0 Å². The first kappa shape index (κ1) is 13.6. The van der Waals surface area contributed by atoms with E-state index in [4.69, 9.17) is 5.73 Å². The standard InChI is InChI=1S/C12H21N.2ClH/c1-2-11-4-9-3-10(5-11)7-12(13,6-9)8-11;;/h9-10H,2-8,13H2,1H3;2*1H. The van der Waals surface area contributed by atoms with Crippen molar-refractivity contribution in [3.8, 4) is 0 Å². The molecule has 15 heavy (non-hydrogen) atoms. The molecule has 4 aliphatic rings. The smallest absolute Gasteiger partial charge is 0.0164 e. The molecule has 4 rings (SSSR count). The molecule has 2 unspecified atom stereocenters. The van der Waals surface area contributed by atoms with E-state index in [2.05, 4.69) is 6.92 Å². The van der Waals surface area contributed by atoms with Gasteiger partial charge >= 0.3 is 0 Å².